The molecule has 1 aromatic rings. The first kappa shape index (κ1) is 17.7. The Kier molecular flexibility index (Phi) is 6.85. The van der Waals surface area contributed by atoms with Crippen molar-refractivity contribution in [1.29, 1.82) is 0 Å². The minimum atomic E-state index is -0.980. The van der Waals surface area contributed by atoms with Crippen molar-refractivity contribution in [3.63, 3.8) is 0 Å². The van der Waals surface area contributed by atoms with Crippen molar-refractivity contribution in [1.82, 2.24) is 5.32 Å². The van der Waals surface area contributed by atoms with E-state index >= 15 is 0 Å². The van der Waals surface area contributed by atoms with Crippen molar-refractivity contribution in [2.75, 3.05) is 13.2 Å². The van der Waals surface area contributed by atoms with E-state index in [1.165, 1.54) is 0 Å². The van der Waals surface area contributed by atoms with Crippen LogP contribution in [0, 0.1) is 5.92 Å². The first-order valence-electron chi connectivity index (χ1n) is 7.59. The van der Waals surface area contributed by atoms with E-state index in [2.05, 4.69) is 19.2 Å². The van der Waals surface area contributed by atoms with E-state index in [0.717, 1.165) is 12.0 Å². The Balaban J connectivity index is 2.94. The smallest absolute Gasteiger partial charge is 0.244 e. The molecule has 0 spiro atoms. The van der Waals surface area contributed by atoms with Crippen molar-refractivity contribution in [2.45, 2.75) is 45.7 Å². The third kappa shape index (κ3) is 5.14. The Labute approximate surface area is 128 Å². The molecule has 4 heteroatoms. The molecule has 0 aliphatic heterocycles. The molecule has 3 N–H and O–H groups in total. The maximum absolute atomic E-state index is 12.2. The average molecular weight is 292 g/mol. The second-order valence-corrected chi connectivity index (χ2v) is 6.17. The van der Waals surface area contributed by atoms with Crippen LogP contribution in [0.5, 0.6) is 0 Å². The van der Waals surface area contributed by atoms with Gasteiger partial charge in [-0.2, -0.15) is 0 Å². The maximum atomic E-state index is 12.2. The molecule has 1 unspecified atom stereocenters. The van der Waals surface area contributed by atoms with Crippen LogP contribution in [-0.4, -0.2) is 25.2 Å². The quantitative estimate of drug-likeness (QED) is 0.687. The van der Waals surface area contributed by atoms with E-state index in [-0.39, 0.29) is 12.6 Å². The number of nitrogens with one attached hydrogen (secondary N) is 1. The molecule has 0 radical (unpaired) electrons. The van der Waals surface area contributed by atoms with Gasteiger partial charge in [-0.05, 0) is 31.7 Å². The van der Waals surface area contributed by atoms with Gasteiger partial charge in [0.1, 0.15) is 5.54 Å². The fourth-order valence-corrected chi connectivity index (χ4v) is 2.25. The van der Waals surface area contributed by atoms with Gasteiger partial charge in [0.05, 0.1) is 6.61 Å². The molecule has 0 saturated heterocycles. The summed E-state index contributed by atoms with van der Waals surface area (Å²) in [5.74, 6) is 0.162. The number of ether oxygens (including phenoxy) is 1. The SMILES string of the molecule is CC(C)CCOCC(NC(C)C)(C(N)=O)c1ccccc1. The number of carbonyl (C=O) groups excluding carboxylic acids is 1. The lowest BCUT2D eigenvalue weighted by Crippen LogP contribution is -2.58. The molecule has 0 aromatic heterocycles. The van der Waals surface area contributed by atoms with Crippen molar-refractivity contribution >= 4 is 5.91 Å². The van der Waals surface area contributed by atoms with Gasteiger partial charge in [0.25, 0.3) is 0 Å². The Morgan fingerprint density at radius 2 is 1.86 bits per heavy atom. The second-order valence-electron chi connectivity index (χ2n) is 6.17. The molecule has 4 nitrogen and oxygen atoms in total. The summed E-state index contributed by atoms with van der Waals surface area (Å²) in [6.45, 7) is 9.16. The van der Waals surface area contributed by atoms with Gasteiger partial charge in [0, 0.05) is 12.6 Å². The van der Waals surface area contributed by atoms with Crippen LogP contribution in [0.15, 0.2) is 30.3 Å². The van der Waals surface area contributed by atoms with Gasteiger partial charge in [0.2, 0.25) is 5.91 Å². The summed E-state index contributed by atoms with van der Waals surface area (Å²) in [6.07, 6.45) is 0.964. The van der Waals surface area contributed by atoms with Crippen LogP contribution in [0.4, 0.5) is 0 Å². The summed E-state index contributed by atoms with van der Waals surface area (Å²) < 4.78 is 5.76. The number of hydrogen-bond donors (Lipinski definition) is 2. The number of amides is 1. The number of hydrogen-bond acceptors (Lipinski definition) is 3. The summed E-state index contributed by atoms with van der Waals surface area (Å²) in [4.78, 5) is 12.2. The van der Waals surface area contributed by atoms with E-state index in [0.29, 0.717) is 12.5 Å². The predicted octanol–water partition coefficient (Wildman–Crippen LogP) is 2.43. The Hall–Kier alpha value is -1.39. The molecule has 0 aliphatic rings. The first-order valence-corrected chi connectivity index (χ1v) is 7.59. The Morgan fingerprint density at radius 1 is 1.24 bits per heavy atom. The minimum absolute atomic E-state index is 0.117. The summed E-state index contributed by atoms with van der Waals surface area (Å²) in [5.41, 5.74) is 5.58. The van der Waals surface area contributed by atoms with E-state index < -0.39 is 11.4 Å². The highest BCUT2D eigenvalue weighted by molar-refractivity contribution is 5.86. The molecule has 0 aliphatic carbocycles. The van der Waals surface area contributed by atoms with Gasteiger partial charge in [-0.3, -0.25) is 10.1 Å². The lowest BCUT2D eigenvalue weighted by molar-refractivity contribution is -0.128. The molecule has 1 atom stereocenters. The molecule has 1 amide bonds. The molecule has 0 heterocycles. The van der Waals surface area contributed by atoms with Crippen molar-refractivity contribution in [3.05, 3.63) is 35.9 Å². The topological polar surface area (TPSA) is 64.3 Å². The highest BCUT2D eigenvalue weighted by Gasteiger charge is 2.39. The highest BCUT2D eigenvalue weighted by atomic mass is 16.5. The van der Waals surface area contributed by atoms with Crippen molar-refractivity contribution < 1.29 is 9.53 Å². The lowest BCUT2D eigenvalue weighted by Gasteiger charge is -2.34. The maximum Gasteiger partial charge on any atom is 0.244 e. The first-order chi connectivity index (χ1) is 9.88. The molecule has 0 saturated carbocycles. The number of carbonyl (C=O) groups is 1. The minimum Gasteiger partial charge on any atom is -0.379 e. The van der Waals surface area contributed by atoms with Crippen molar-refractivity contribution in [2.24, 2.45) is 11.7 Å². The van der Waals surface area contributed by atoms with Crippen LogP contribution >= 0.6 is 0 Å². The summed E-state index contributed by atoms with van der Waals surface area (Å²) in [5, 5.41) is 3.30. The van der Waals surface area contributed by atoms with Crippen LogP contribution in [-0.2, 0) is 15.1 Å². The van der Waals surface area contributed by atoms with Gasteiger partial charge < -0.3 is 10.5 Å². The van der Waals surface area contributed by atoms with Gasteiger partial charge in [-0.15, -0.1) is 0 Å². The zero-order valence-corrected chi connectivity index (χ0v) is 13.6. The van der Waals surface area contributed by atoms with E-state index in [1.54, 1.807) is 0 Å². The van der Waals surface area contributed by atoms with E-state index in [4.69, 9.17) is 10.5 Å². The highest BCUT2D eigenvalue weighted by Crippen LogP contribution is 2.23. The van der Waals surface area contributed by atoms with Gasteiger partial charge in [0.15, 0.2) is 0 Å². The largest absolute Gasteiger partial charge is 0.379 e. The Morgan fingerprint density at radius 3 is 2.33 bits per heavy atom. The number of rotatable bonds is 9. The van der Waals surface area contributed by atoms with E-state index in [1.807, 2.05) is 44.2 Å². The fourth-order valence-electron chi connectivity index (χ4n) is 2.25. The number of nitrogens with two attached hydrogens (primary N) is 1. The third-order valence-corrected chi connectivity index (χ3v) is 3.38. The zero-order chi connectivity index (χ0) is 15.9. The third-order valence-electron chi connectivity index (χ3n) is 3.38. The van der Waals surface area contributed by atoms with Crippen LogP contribution < -0.4 is 11.1 Å². The van der Waals surface area contributed by atoms with Crippen LogP contribution in [0.25, 0.3) is 0 Å². The summed E-state index contributed by atoms with van der Waals surface area (Å²) in [6, 6.07) is 9.67. The summed E-state index contributed by atoms with van der Waals surface area (Å²) >= 11 is 0. The number of primary amides is 1. The van der Waals surface area contributed by atoms with Crippen LogP contribution in [0.1, 0.15) is 39.7 Å². The predicted molar refractivity (Wildman–Crippen MR) is 85.9 cm³/mol. The molecule has 21 heavy (non-hydrogen) atoms. The Bertz CT molecular complexity index is 432. The molecule has 0 bridgehead atoms. The van der Waals surface area contributed by atoms with E-state index in [9.17, 15) is 4.79 Å². The number of benzene rings is 1. The average Bonchev–Trinajstić information content (AvgIpc) is 2.42. The molecule has 0 fully saturated rings. The van der Waals surface area contributed by atoms with Crippen molar-refractivity contribution in [3.8, 4) is 0 Å². The molecular weight excluding hydrogens is 264 g/mol. The van der Waals surface area contributed by atoms with Crippen LogP contribution in [0.3, 0.4) is 0 Å². The normalized spacial score (nSPS) is 14.4. The molecule has 1 aromatic carbocycles. The van der Waals surface area contributed by atoms with Gasteiger partial charge in [-0.25, -0.2) is 0 Å². The standard InChI is InChI=1S/C17H28N2O2/c1-13(2)10-11-21-12-17(16(18)20,19-14(3)4)15-8-6-5-7-9-15/h5-9,13-14,19H,10-12H2,1-4H3,(H2,18,20). The van der Waals surface area contributed by atoms with Crippen LogP contribution in [0.2, 0.25) is 0 Å². The molecule has 1 rings (SSSR count). The zero-order valence-electron chi connectivity index (χ0n) is 13.6. The monoisotopic (exact) mass is 292 g/mol. The molecular formula is C17H28N2O2. The lowest BCUT2D eigenvalue weighted by atomic mass is 9.89. The summed E-state index contributed by atoms with van der Waals surface area (Å²) in [7, 11) is 0. The molecule has 118 valence electrons. The second kappa shape index (κ2) is 8.15. The van der Waals surface area contributed by atoms with Gasteiger partial charge >= 0.3 is 0 Å². The fraction of sp³-hybridized carbons (Fsp3) is 0.588. The van der Waals surface area contributed by atoms with Gasteiger partial charge in [-0.1, -0.05) is 44.2 Å².